The average Bonchev–Trinajstić information content (AvgIpc) is 2.64. The summed E-state index contributed by atoms with van der Waals surface area (Å²) in [5, 5.41) is 7.18. The first-order valence-electron chi connectivity index (χ1n) is 8.15. The molecule has 4 rings (SSSR count). The molecule has 134 valence electrons. The third-order valence-electron chi connectivity index (χ3n) is 4.44. The molecule has 0 saturated carbocycles. The summed E-state index contributed by atoms with van der Waals surface area (Å²) < 4.78 is 23.5. The van der Waals surface area contributed by atoms with Gasteiger partial charge in [-0.2, -0.15) is 0 Å². The third-order valence-corrected chi connectivity index (χ3v) is 5.40. The molecule has 0 saturated heterocycles. The van der Waals surface area contributed by atoms with Crippen LogP contribution in [-0.4, -0.2) is 25.7 Å². The summed E-state index contributed by atoms with van der Waals surface area (Å²) in [6.07, 6.45) is -0.273. The van der Waals surface area contributed by atoms with Crippen LogP contribution in [0.3, 0.4) is 0 Å². The van der Waals surface area contributed by atoms with Crippen LogP contribution in [0.25, 0.3) is 10.8 Å². The molecular formula is C20H14N2O4S. The molecule has 1 aliphatic rings. The molecule has 3 aromatic rings. The number of fused-ring (bicyclic) bond motifs is 2. The maximum atomic E-state index is 12.8. The summed E-state index contributed by atoms with van der Waals surface area (Å²) in [5.41, 5.74) is 0.491. The number of primary sulfonamides is 1. The fourth-order valence-corrected chi connectivity index (χ4v) is 3.99. The minimum atomic E-state index is -4.11. The fraction of sp³-hybridized carbons (Fsp3) is 0.0500. The number of rotatable bonds is 2. The molecule has 0 aliphatic heterocycles. The molecule has 0 heterocycles. The van der Waals surface area contributed by atoms with Crippen molar-refractivity contribution in [3.8, 4) is 0 Å². The summed E-state index contributed by atoms with van der Waals surface area (Å²) in [5.74, 6) is -0.961. The zero-order valence-corrected chi connectivity index (χ0v) is 14.9. The molecule has 7 heteroatoms. The van der Waals surface area contributed by atoms with Crippen molar-refractivity contribution in [3.05, 3.63) is 71.8 Å². The van der Waals surface area contributed by atoms with E-state index in [1.54, 1.807) is 6.07 Å². The molecule has 3 aromatic carbocycles. The Kier molecular flexibility index (Phi) is 3.98. The van der Waals surface area contributed by atoms with Crippen molar-refractivity contribution in [3.63, 3.8) is 0 Å². The Morgan fingerprint density at radius 1 is 0.889 bits per heavy atom. The van der Waals surface area contributed by atoms with E-state index in [2.05, 4.69) is 4.99 Å². The lowest BCUT2D eigenvalue weighted by Crippen LogP contribution is -2.30. The van der Waals surface area contributed by atoms with Gasteiger partial charge in [-0.15, -0.1) is 0 Å². The lowest BCUT2D eigenvalue weighted by molar-refractivity contribution is 0.0962. The highest BCUT2D eigenvalue weighted by molar-refractivity contribution is 7.89. The van der Waals surface area contributed by atoms with Gasteiger partial charge in [-0.05, 0) is 29.0 Å². The Balaban J connectivity index is 1.82. The van der Waals surface area contributed by atoms with Crippen molar-refractivity contribution in [1.82, 2.24) is 0 Å². The smallest absolute Gasteiger partial charge is 0.238 e. The fourth-order valence-electron chi connectivity index (χ4n) is 3.21. The normalized spacial score (nSPS) is 16.0. The van der Waals surface area contributed by atoms with Crippen molar-refractivity contribution in [1.29, 1.82) is 0 Å². The van der Waals surface area contributed by atoms with Gasteiger partial charge in [0.25, 0.3) is 0 Å². The van der Waals surface area contributed by atoms with Crippen LogP contribution in [0.1, 0.15) is 27.1 Å². The van der Waals surface area contributed by atoms with Crippen molar-refractivity contribution < 1.29 is 18.0 Å². The topological polar surface area (TPSA) is 107 Å². The van der Waals surface area contributed by atoms with Crippen LogP contribution in [-0.2, 0) is 10.0 Å². The number of carbonyl (C=O) groups excluding carboxylic acids is 2. The first kappa shape index (κ1) is 17.3. The predicted octanol–water partition coefficient (Wildman–Crippen LogP) is 3.03. The van der Waals surface area contributed by atoms with E-state index in [0.717, 1.165) is 10.8 Å². The van der Waals surface area contributed by atoms with Gasteiger partial charge in [0.15, 0.2) is 5.78 Å². The highest BCUT2D eigenvalue weighted by Gasteiger charge is 2.33. The SMILES string of the molecule is NS(=O)(=O)c1cccc2c1C(=O)CC(=Nc1ccc3ccccc3c1)C2=O. The average molecular weight is 378 g/mol. The van der Waals surface area contributed by atoms with Gasteiger partial charge in [0.05, 0.1) is 22.7 Å². The van der Waals surface area contributed by atoms with E-state index in [0.29, 0.717) is 5.69 Å². The van der Waals surface area contributed by atoms with Gasteiger partial charge in [-0.3, -0.25) is 9.59 Å². The highest BCUT2D eigenvalue weighted by Crippen LogP contribution is 2.28. The van der Waals surface area contributed by atoms with Crippen LogP contribution < -0.4 is 5.14 Å². The minimum Gasteiger partial charge on any atom is -0.294 e. The molecule has 0 spiro atoms. The van der Waals surface area contributed by atoms with Crippen LogP contribution in [0.4, 0.5) is 5.69 Å². The standard InChI is InChI=1S/C20H14N2O4S/c21-27(25,26)18-7-3-6-15-19(18)17(23)11-16(20(15)24)22-14-9-8-12-4-1-2-5-13(12)10-14/h1-10H,11H2,(H2,21,25,26). The lowest BCUT2D eigenvalue weighted by Gasteiger charge is -2.18. The monoisotopic (exact) mass is 378 g/mol. The van der Waals surface area contributed by atoms with Crippen LogP contribution >= 0.6 is 0 Å². The largest absolute Gasteiger partial charge is 0.294 e. The maximum absolute atomic E-state index is 12.8. The number of Topliss-reactive ketones (excluding diaryl/α,β-unsaturated/α-hetero) is 2. The number of benzene rings is 3. The van der Waals surface area contributed by atoms with Gasteiger partial charge in [0.1, 0.15) is 0 Å². The molecule has 27 heavy (non-hydrogen) atoms. The van der Waals surface area contributed by atoms with E-state index >= 15 is 0 Å². The second kappa shape index (κ2) is 6.22. The number of carbonyl (C=O) groups is 2. The zero-order valence-electron chi connectivity index (χ0n) is 14.0. The number of aliphatic imine (C=N–C) groups is 1. The highest BCUT2D eigenvalue weighted by atomic mass is 32.2. The molecule has 0 aromatic heterocycles. The van der Waals surface area contributed by atoms with Gasteiger partial charge >= 0.3 is 0 Å². The molecule has 2 N–H and O–H groups in total. The summed E-state index contributed by atoms with van der Waals surface area (Å²) in [6.45, 7) is 0. The van der Waals surface area contributed by atoms with Gasteiger partial charge < -0.3 is 0 Å². The number of nitrogens with zero attached hydrogens (tertiary/aromatic N) is 1. The number of nitrogens with two attached hydrogens (primary N) is 1. The number of sulfonamides is 1. The van der Waals surface area contributed by atoms with Gasteiger partial charge in [-0.1, -0.05) is 42.5 Å². The van der Waals surface area contributed by atoms with Crippen LogP contribution in [0.2, 0.25) is 0 Å². The Morgan fingerprint density at radius 3 is 2.37 bits per heavy atom. The van der Waals surface area contributed by atoms with Crippen molar-refractivity contribution in [2.75, 3.05) is 0 Å². The molecule has 0 unspecified atom stereocenters. The van der Waals surface area contributed by atoms with Crippen LogP contribution in [0.15, 0.2) is 70.6 Å². The van der Waals surface area contributed by atoms with E-state index in [9.17, 15) is 18.0 Å². The second-order valence-corrected chi connectivity index (χ2v) is 7.77. The first-order valence-corrected chi connectivity index (χ1v) is 9.69. The van der Waals surface area contributed by atoms with Crippen molar-refractivity contribution >= 4 is 43.8 Å². The summed E-state index contributed by atoms with van der Waals surface area (Å²) in [4.78, 5) is 29.4. The molecule has 0 amide bonds. The van der Waals surface area contributed by atoms with E-state index in [1.807, 2.05) is 36.4 Å². The van der Waals surface area contributed by atoms with Gasteiger partial charge in [0, 0.05) is 11.1 Å². The quantitative estimate of drug-likeness (QED) is 0.739. The first-order chi connectivity index (χ1) is 12.8. The molecule has 0 bridgehead atoms. The van der Waals surface area contributed by atoms with E-state index in [4.69, 9.17) is 5.14 Å². The molecule has 0 atom stereocenters. The number of hydrogen-bond donors (Lipinski definition) is 1. The summed E-state index contributed by atoms with van der Waals surface area (Å²) >= 11 is 0. The second-order valence-electron chi connectivity index (χ2n) is 6.24. The Bertz CT molecular complexity index is 1260. The summed E-state index contributed by atoms with van der Waals surface area (Å²) in [6, 6.07) is 17.2. The Hall–Kier alpha value is -3.16. The molecule has 1 aliphatic carbocycles. The Morgan fingerprint density at radius 2 is 1.63 bits per heavy atom. The van der Waals surface area contributed by atoms with Gasteiger partial charge in [-0.25, -0.2) is 18.5 Å². The van der Waals surface area contributed by atoms with Gasteiger partial charge in [0.2, 0.25) is 15.8 Å². The van der Waals surface area contributed by atoms with E-state index in [-0.39, 0.29) is 28.2 Å². The Labute approximate surface area is 155 Å². The molecule has 6 nitrogen and oxygen atoms in total. The molecule has 0 radical (unpaired) electrons. The molecular weight excluding hydrogens is 364 g/mol. The third kappa shape index (κ3) is 3.07. The molecule has 0 fully saturated rings. The predicted molar refractivity (Wildman–Crippen MR) is 102 cm³/mol. The maximum Gasteiger partial charge on any atom is 0.238 e. The van der Waals surface area contributed by atoms with E-state index < -0.39 is 21.6 Å². The lowest BCUT2D eigenvalue weighted by atomic mass is 9.88. The number of ketones is 2. The van der Waals surface area contributed by atoms with Crippen LogP contribution in [0.5, 0.6) is 0 Å². The van der Waals surface area contributed by atoms with Crippen molar-refractivity contribution in [2.24, 2.45) is 10.1 Å². The number of hydrogen-bond acceptors (Lipinski definition) is 5. The van der Waals surface area contributed by atoms with E-state index in [1.165, 1.54) is 18.2 Å². The minimum absolute atomic E-state index is 0.0114. The van der Waals surface area contributed by atoms with Crippen LogP contribution in [0, 0.1) is 0 Å². The summed E-state index contributed by atoms with van der Waals surface area (Å²) in [7, 11) is -4.11. The zero-order chi connectivity index (χ0) is 19.2. The van der Waals surface area contributed by atoms with Crippen molar-refractivity contribution in [2.45, 2.75) is 11.3 Å².